The fourth-order valence-electron chi connectivity index (χ4n) is 3.08. The number of rotatable bonds is 4. The molecule has 2 rings (SSSR count). The van der Waals surface area contributed by atoms with Gasteiger partial charge in [-0.15, -0.1) is 0 Å². The number of hydrogen-bond acceptors (Lipinski definition) is 2. The molecule has 0 bridgehead atoms. The Hall–Kier alpha value is -0.890. The van der Waals surface area contributed by atoms with Crippen LogP contribution in [0.2, 0.25) is 0 Å². The van der Waals surface area contributed by atoms with E-state index >= 15 is 0 Å². The summed E-state index contributed by atoms with van der Waals surface area (Å²) in [7, 11) is 2.10. The van der Waals surface area contributed by atoms with Gasteiger partial charge in [-0.3, -0.25) is 4.98 Å². The van der Waals surface area contributed by atoms with Crippen molar-refractivity contribution in [3.63, 3.8) is 0 Å². The van der Waals surface area contributed by atoms with Gasteiger partial charge in [0.2, 0.25) is 0 Å². The monoisotopic (exact) mass is 218 g/mol. The first-order valence-corrected chi connectivity index (χ1v) is 6.40. The molecule has 0 saturated heterocycles. The first-order chi connectivity index (χ1) is 7.83. The van der Waals surface area contributed by atoms with Gasteiger partial charge >= 0.3 is 0 Å². The molecular formula is C14H22N2. The molecule has 0 aromatic carbocycles. The fraction of sp³-hybridized carbons (Fsp3) is 0.643. The van der Waals surface area contributed by atoms with Crippen LogP contribution < -0.4 is 5.32 Å². The maximum absolute atomic E-state index is 4.09. The highest BCUT2D eigenvalue weighted by atomic mass is 14.9. The van der Waals surface area contributed by atoms with Crippen LogP contribution >= 0.6 is 0 Å². The number of pyridine rings is 1. The lowest BCUT2D eigenvalue weighted by Gasteiger charge is -2.29. The quantitative estimate of drug-likeness (QED) is 0.840. The molecule has 0 radical (unpaired) electrons. The summed E-state index contributed by atoms with van der Waals surface area (Å²) >= 11 is 0. The van der Waals surface area contributed by atoms with Gasteiger partial charge in [0.15, 0.2) is 0 Å². The highest BCUT2D eigenvalue weighted by Gasteiger charge is 2.28. The third-order valence-corrected chi connectivity index (χ3v) is 4.01. The minimum Gasteiger partial charge on any atom is -0.316 e. The summed E-state index contributed by atoms with van der Waals surface area (Å²) in [6.45, 7) is 2.33. The summed E-state index contributed by atoms with van der Waals surface area (Å²) in [6.07, 6.45) is 9.39. The number of nitrogens with zero attached hydrogens (tertiary/aromatic N) is 1. The van der Waals surface area contributed by atoms with Crippen LogP contribution in [0.25, 0.3) is 0 Å². The normalized spacial score (nSPS) is 20.9. The highest BCUT2D eigenvalue weighted by molar-refractivity contribution is 5.17. The zero-order valence-corrected chi connectivity index (χ0v) is 10.3. The Kier molecular flexibility index (Phi) is 3.94. The fourth-order valence-corrected chi connectivity index (χ4v) is 3.08. The van der Waals surface area contributed by atoms with Crippen molar-refractivity contribution in [3.05, 3.63) is 30.1 Å². The van der Waals surface area contributed by atoms with E-state index in [-0.39, 0.29) is 0 Å². The largest absolute Gasteiger partial charge is 0.316 e. The second kappa shape index (κ2) is 5.44. The van der Waals surface area contributed by atoms with E-state index in [0.717, 1.165) is 5.92 Å². The van der Waals surface area contributed by atoms with Gasteiger partial charge in [-0.05, 0) is 49.4 Å². The minimum atomic E-state index is 0.580. The van der Waals surface area contributed by atoms with Gasteiger partial charge in [0.25, 0.3) is 0 Å². The van der Waals surface area contributed by atoms with E-state index in [4.69, 9.17) is 0 Å². The molecule has 1 aromatic rings. The van der Waals surface area contributed by atoms with Crippen LogP contribution in [0, 0.1) is 5.92 Å². The number of aromatic nitrogens is 1. The van der Waals surface area contributed by atoms with Crippen LogP contribution in [0.15, 0.2) is 24.5 Å². The van der Waals surface area contributed by atoms with Gasteiger partial charge in [0, 0.05) is 18.4 Å². The number of nitrogens with one attached hydrogen (secondary N) is 1. The molecule has 1 fully saturated rings. The van der Waals surface area contributed by atoms with Crippen molar-refractivity contribution in [2.75, 3.05) is 7.05 Å². The second-order valence-electron chi connectivity index (χ2n) is 4.93. The molecule has 2 atom stereocenters. The SMILES string of the molecule is CNC(C1CCCC1)C(C)c1ccncc1. The van der Waals surface area contributed by atoms with Gasteiger partial charge < -0.3 is 5.32 Å². The Morgan fingerprint density at radius 2 is 1.88 bits per heavy atom. The zero-order valence-electron chi connectivity index (χ0n) is 10.3. The average molecular weight is 218 g/mol. The average Bonchev–Trinajstić information content (AvgIpc) is 2.85. The van der Waals surface area contributed by atoms with E-state index in [1.807, 2.05) is 12.4 Å². The van der Waals surface area contributed by atoms with Gasteiger partial charge in [-0.2, -0.15) is 0 Å². The van der Waals surface area contributed by atoms with Crippen molar-refractivity contribution >= 4 is 0 Å². The van der Waals surface area contributed by atoms with Crippen molar-refractivity contribution in [3.8, 4) is 0 Å². The van der Waals surface area contributed by atoms with Crippen LogP contribution in [0.5, 0.6) is 0 Å². The van der Waals surface area contributed by atoms with E-state index in [1.165, 1.54) is 31.2 Å². The second-order valence-corrected chi connectivity index (χ2v) is 4.93. The van der Waals surface area contributed by atoms with Gasteiger partial charge in [-0.25, -0.2) is 0 Å². The van der Waals surface area contributed by atoms with E-state index in [9.17, 15) is 0 Å². The lowest BCUT2D eigenvalue weighted by Crippen LogP contribution is -2.36. The number of likely N-dealkylation sites (N-methyl/N-ethyl adjacent to an activating group) is 1. The lowest BCUT2D eigenvalue weighted by molar-refractivity contribution is 0.337. The molecule has 16 heavy (non-hydrogen) atoms. The smallest absolute Gasteiger partial charge is 0.0270 e. The molecule has 0 amide bonds. The Morgan fingerprint density at radius 3 is 2.44 bits per heavy atom. The Morgan fingerprint density at radius 1 is 1.25 bits per heavy atom. The van der Waals surface area contributed by atoms with Crippen LogP contribution in [-0.2, 0) is 0 Å². The Bertz CT molecular complexity index is 304. The maximum Gasteiger partial charge on any atom is 0.0270 e. The Labute approximate surface area is 98.5 Å². The third-order valence-electron chi connectivity index (χ3n) is 4.01. The van der Waals surface area contributed by atoms with Crippen LogP contribution in [-0.4, -0.2) is 18.1 Å². The molecule has 1 aliphatic rings. The van der Waals surface area contributed by atoms with Gasteiger partial charge in [0.05, 0.1) is 0 Å². The number of hydrogen-bond donors (Lipinski definition) is 1. The summed E-state index contributed by atoms with van der Waals surface area (Å²) in [4.78, 5) is 4.09. The van der Waals surface area contributed by atoms with E-state index < -0.39 is 0 Å². The molecule has 0 spiro atoms. The molecule has 2 unspecified atom stereocenters. The summed E-state index contributed by atoms with van der Waals surface area (Å²) in [5.74, 6) is 1.43. The molecule has 1 aromatic heterocycles. The van der Waals surface area contributed by atoms with Gasteiger partial charge in [0.1, 0.15) is 0 Å². The van der Waals surface area contributed by atoms with Crippen molar-refractivity contribution in [2.24, 2.45) is 5.92 Å². The predicted octanol–water partition coefficient (Wildman–Crippen LogP) is 2.96. The third kappa shape index (κ3) is 2.43. The minimum absolute atomic E-state index is 0.580. The van der Waals surface area contributed by atoms with Crippen LogP contribution in [0.3, 0.4) is 0 Å². The van der Waals surface area contributed by atoms with E-state index in [0.29, 0.717) is 12.0 Å². The van der Waals surface area contributed by atoms with Crippen molar-refractivity contribution < 1.29 is 0 Å². The topological polar surface area (TPSA) is 24.9 Å². The van der Waals surface area contributed by atoms with Crippen molar-refractivity contribution in [1.82, 2.24) is 10.3 Å². The first kappa shape index (κ1) is 11.6. The first-order valence-electron chi connectivity index (χ1n) is 6.40. The van der Waals surface area contributed by atoms with E-state index in [1.54, 1.807) is 0 Å². The Balaban J connectivity index is 2.08. The molecular weight excluding hydrogens is 196 g/mol. The predicted molar refractivity (Wildman–Crippen MR) is 67.5 cm³/mol. The zero-order chi connectivity index (χ0) is 11.4. The summed E-state index contributed by atoms with van der Waals surface area (Å²) in [6, 6.07) is 4.90. The summed E-state index contributed by atoms with van der Waals surface area (Å²) < 4.78 is 0. The highest BCUT2D eigenvalue weighted by Crippen LogP contribution is 2.34. The van der Waals surface area contributed by atoms with Crippen molar-refractivity contribution in [2.45, 2.75) is 44.6 Å². The summed E-state index contributed by atoms with van der Waals surface area (Å²) in [5.41, 5.74) is 1.40. The molecule has 1 heterocycles. The maximum atomic E-state index is 4.09. The summed E-state index contributed by atoms with van der Waals surface area (Å²) in [5, 5.41) is 3.52. The van der Waals surface area contributed by atoms with Crippen LogP contribution in [0.4, 0.5) is 0 Å². The molecule has 1 saturated carbocycles. The molecule has 88 valence electrons. The van der Waals surface area contributed by atoms with Crippen molar-refractivity contribution in [1.29, 1.82) is 0 Å². The standard InChI is InChI=1S/C14H22N2/c1-11(12-7-9-16-10-8-12)14(15-2)13-5-3-4-6-13/h7-11,13-15H,3-6H2,1-2H3. The van der Waals surface area contributed by atoms with Gasteiger partial charge in [-0.1, -0.05) is 19.8 Å². The molecule has 0 aliphatic heterocycles. The molecule has 2 heteroatoms. The molecule has 1 N–H and O–H groups in total. The van der Waals surface area contributed by atoms with E-state index in [2.05, 4.69) is 36.4 Å². The van der Waals surface area contributed by atoms with Crippen LogP contribution in [0.1, 0.15) is 44.1 Å². The molecule has 2 nitrogen and oxygen atoms in total. The lowest BCUT2D eigenvalue weighted by atomic mass is 9.84. The molecule has 1 aliphatic carbocycles.